The van der Waals surface area contributed by atoms with E-state index in [-0.39, 0.29) is 11.1 Å². The quantitative estimate of drug-likeness (QED) is 0.643. The molecule has 2 heterocycles. The number of nitro groups is 1. The Morgan fingerprint density at radius 3 is 3.11 bits per heavy atom. The Hall–Kier alpha value is -1.69. The second-order valence-corrected chi connectivity index (χ2v) is 5.64. The Bertz CT molecular complexity index is 462. The van der Waals surface area contributed by atoms with Crippen molar-refractivity contribution in [3.05, 3.63) is 28.4 Å². The summed E-state index contributed by atoms with van der Waals surface area (Å²) < 4.78 is 0. The van der Waals surface area contributed by atoms with E-state index in [4.69, 9.17) is 0 Å². The minimum Gasteiger partial charge on any atom is -0.368 e. The summed E-state index contributed by atoms with van der Waals surface area (Å²) in [7, 11) is 0. The van der Waals surface area contributed by atoms with Crippen LogP contribution in [0.2, 0.25) is 0 Å². The molecule has 0 aliphatic carbocycles. The van der Waals surface area contributed by atoms with Gasteiger partial charge in [0.1, 0.15) is 5.82 Å². The molecule has 1 aliphatic heterocycles. The summed E-state index contributed by atoms with van der Waals surface area (Å²) in [5, 5.41) is 17.4. The standard InChI is InChI=1S/C13H20N4O2/c1-13(2)5-3-6-14-11(13)9-16-12-8-10(17(18)19)4-7-15-12/h4,7-8,11,14H,3,5-6,9H2,1-2H3,(H,15,16). The molecule has 0 bridgehead atoms. The topological polar surface area (TPSA) is 80.1 Å². The van der Waals surface area contributed by atoms with Gasteiger partial charge in [-0.25, -0.2) is 4.98 Å². The predicted octanol–water partition coefficient (Wildman–Crippen LogP) is 2.18. The van der Waals surface area contributed by atoms with Gasteiger partial charge in [-0.1, -0.05) is 13.8 Å². The highest BCUT2D eigenvalue weighted by Gasteiger charge is 2.31. The maximum absolute atomic E-state index is 10.7. The van der Waals surface area contributed by atoms with E-state index in [1.807, 2.05) is 0 Å². The van der Waals surface area contributed by atoms with E-state index >= 15 is 0 Å². The summed E-state index contributed by atoms with van der Waals surface area (Å²) in [6, 6.07) is 3.21. The fourth-order valence-corrected chi connectivity index (χ4v) is 2.46. The molecule has 0 saturated carbocycles. The first kappa shape index (κ1) is 13.7. The summed E-state index contributed by atoms with van der Waals surface area (Å²) in [6.07, 6.45) is 3.84. The van der Waals surface area contributed by atoms with E-state index < -0.39 is 4.92 Å². The monoisotopic (exact) mass is 264 g/mol. The zero-order valence-corrected chi connectivity index (χ0v) is 11.3. The first-order valence-corrected chi connectivity index (χ1v) is 6.57. The first-order valence-electron chi connectivity index (χ1n) is 6.57. The Labute approximate surface area is 112 Å². The van der Waals surface area contributed by atoms with Gasteiger partial charge in [-0.05, 0) is 24.8 Å². The van der Waals surface area contributed by atoms with Crippen molar-refractivity contribution in [2.24, 2.45) is 5.41 Å². The van der Waals surface area contributed by atoms with E-state index in [2.05, 4.69) is 29.5 Å². The van der Waals surface area contributed by atoms with Crippen LogP contribution in [0.4, 0.5) is 11.5 Å². The lowest BCUT2D eigenvalue weighted by atomic mass is 9.77. The third kappa shape index (κ3) is 3.41. The molecular weight excluding hydrogens is 244 g/mol. The smallest absolute Gasteiger partial charge is 0.274 e. The van der Waals surface area contributed by atoms with Gasteiger partial charge in [0.2, 0.25) is 0 Å². The largest absolute Gasteiger partial charge is 0.368 e. The molecular formula is C13H20N4O2. The van der Waals surface area contributed by atoms with Gasteiger partial charge in [0.15, 0.2) is 0 Å². The summed E-state index contributed by atoms with van der Waals surface area (Å²) in [6.45, 7) is 6.23. The molecule has 1 saturated heterocycles. The molecule has 2 N–H and O–H groups in total. The third-order valence-corrected chi connectivity index (χ3v) is 3.77. The highest BCUT2D eigenvalue weighted by atomic mass is 16.6. The van der Waals surface area contributed by atoms with Crippen LogP contribution in [0.15, 0.2) is 18.3 Å². The molecule has 0 amide bonds. The molecule has 6 nitrogen and oxygen atoms in total. The lowest BCUT2D eigenvalue weighted by molar-refractivity contribution is -0.384. The highest BCUT2D eigenvalue weighted by Crippen LogP contribution is 2.30. The Morgan fingerprint density at radius 2 is 2.42 bits per heavy atom. The first-order chi connectivity index (χ1) is 8.99. The lowest BCUT2D eigenvalue weighted by Gasteiger charge is -2.39. The van der Waals surface area contributed by atoms with Crippen LogP contribution < -0.4 is 10.6 Å². The van der Waals surface area contributed by atoms with Crippen molar-refractivity contribution in [1.29, 1.82) is 0 Å². The predicted molar refractivity (Wildman–Crippen MR) is 74.2 cm³/mol. The van der Waals surface area contributed by atoms with Gasteiger partial charge in [0.05, 0.1) is 11.0 Å². The van der Waals surface area contributed by atoms with E-state index in [0.717, 1.165) is 13.1 Å². The zero-order chi connectivity index (χ0) is 13.9. The van der Waals surface area contributed by atoms with Crippen LogP contribution >= 0.6 is 0 Å². The number of aromatic nitrogens is 1. The van der Waals surface area contributed by atoms with Crippen molar-refractivity contribution >= 4 is 11.5 Å². The minimum atomic E-state index is -0.407. The van der Waals surface area contributed by atoms with Gasteiger partial charge in [-0.2, -0.15) is 0 Å². The Morgan fingerprint density at radius 1 is 1.63 bits per heavy atom. The lowest BCUT2D eigenvalue weighted by Crippen LogP contribution is -2.50. The molecule has 0 aromatic carbocycles. The minimum absolute atomic E-state index is 0.0633. The molecule has 1 aliphatic rings. The molecule has 6 heteroatoms. The molecule has 1 aromatic rings. The van der Waals surface area contributed by atoms with Gasteiger partial charge in [0.25, 0.3) is 5.69 Å². The number of nitrogens with zero attached hydrogens (tertiary/aromatic N) is 2. The Balaban J connectivity index is 1.98. The van der Waals surface area contributed by atoms with E-state index in [0.29, 0.717) is 11.9 Å². The summed E-state index contributed by atoms with van der Waals surface area (Å²) in [5.74, 6) is 0.553. The van der Waals surface area contributed by atoms with Crippen LogP contribution in [0.1, 0.15) is 26.7 Å². The molecule has 0 radical (unpaired) electrons. The van der Waals surface area contributed by atoms with Crippen LogP contribution in [0.5, 0.6) is 0 Å². The van der Waals surface area contributed by atoms with Gasteiger partial charge in [-0.15, -0.1) is 0 Å². The number of rotatable bonds is 4. The van der Waals surface area contributed by atoms with Crippen molar-refractivity contribution in [3.63, 3.8) is 0 Å². The summed E-state index contributed by atoms with van der Waals surface area (Å²) >= 11 is 0. The average molecular weight is 264 g/mol. The molecule has 104 valence electrons. The van der Waals surface area contributed by atoms with E-state index in [9.17, 15) is 10.1 Å². The van der Waals surface area contributed by atoms with Crippen LogP contribution in [0, 0.1) is 15.5 Å². The van der Waals surface area contributed by atoms with Crippen molar-refractivity contribution < 1.29 is 4.92 Å². The zero-order valence-electron chi connectivity index (χ0n) is 11.3. The summed E-state index contributed by atoms with van der Waals surface area (Å²) in [4.78, 5) is 14.4. The molecule has 0 spiro atoms. The summed E-state index contributed by atoms with van der Waals surface area (Å²) in [5.41, 5.74) is 0.291. The van der Waals surface area contributed by atoms with Crippen molar-refractivity contribution in [2.75, 3.05) is 18.4 Å². The number of anilines is 1. The Kier molecular flexibility index (Phi) is 3.99. The van der Waals surface area contributed by atoms with E-state index in [1.54, 1.807) is 0 Å². The average Bonchev–Trinajstić information content (AvgIpc) is 2.37. The molecule has 19 heavy (non-hydrogen) atoms. The van der Waals surface area contributed by atoms with Gasteiger partial charge in [-0.3, -0.25) is 10.1 Å². The molecule has 1 fully saturated rings. The number of nitrogens with one attached hydrogen (secondary N) is 2. The maximum atomic E-state index is 10.7. The third-order valence-electron chi connectivity index (χ3n) is 3.77. The van der Waals surface area contributed by atoms with E-state index in [1.165, 1.54) is 31.2 Å². The molecule has 1 atom stereocenters. The molecule has 2 rings (SSSR count). The van der Waals surface area contributed by atoms with Gasteiger partial charge < -0.3 is 10.6 Å². The fraction of sp³-hybridized carbons (Fsp3) is 0.615. The second kappa shape index (κ2) is 5.52. The molecule has 1 aromatic heterocycles. The molecule has 1 unspecified atom stereocenters. The van der Waals surface area contributed by atoms with Crippen LogP contribution in [0.3, 0.4) is 0 Å². The van der Waals surface area contributed by atoms with Crippen molar-refractivity contribution in [1.82, 2.24) is 10.3 Å². The number of hydrogen-bond donors (Lipinski definition) is 2. The SMILES string of the molecule is CC1(C)CCCNC1CNc1cc([N+](=O)[O-])ccn1. The van der Waals surface area contributed by atoms with Crippen molar-refractivity contribution in [3.8, 4) is 0 Å². The van der Waals surface area contributed by atoms with Gasteiger partial charge >= 0.3 is 0 Å². The van der Waals surface area contributed by atoms with Crippen LogP contribution in [-0.4, -0.2) is 29.0 Å². The normalized spacial score (nSPS) is 21.9. The fourth-order valence-electron chi connectivity index (χ4n) is 2.46. The second-order valence-electron chi connectivity index (χ2n) is 5.64. The van der Waals surface area contributed by atoms with Crippen LogP contribution in [0.25, 0.3) is 0 Å². The maximum Gasteiger partial charge on any atom is 0.274 e. The van der Waals surface area contributed by atoms with Crippen LogP contribution in [-0.2, 0) is 0 Å². The van der Waals surface area contributed by atoms with Gasteiger partial charge in [0, 0.05) is 24.8 Å². The highest BCUT2D eigenvalue weighted by molar-refractivity contribution is 5.44. The number of piperidine rings is 1. The van der Waals surface area contributed by atoms with Crippen molar-refractivity contribution in [2.45, 2.75) is 32.7 Å². The number of hydrogen-bond acceptors (Lipinski definition) is 5. The number of pyridine rings is 1.